The van der Waals surface area contributed by atoms with E-state index >= 15 is 0 Å². The van der Waals surface area contributed by atoms with Crippen molar-refractivity contribution in [3.8, 4) is 5.69 Å². The number of ketones is 1. The molecule has 0 spiro atoms. The highest BCUT2D eigenvalue weighted by atomic mass is 32.2. The van der Waals surface area contributed by atoms with E-state index in [0.717, 1.165) is 22.0 Å². The third-order valence-corrected chi connectivity index (χ3v) is 6.49. The number of nitrogens with two attached hydrogens (primary N) is 1. The number of aryl methyl sites for hydroxylation is 2. The van der Waals surface area contributed by atoms with Gasteiger partial charge in [0.05, 0.1) is 10.6 Å². The molecule has 2 aromatic carbocycles. The molecule has 0 aliphatic rings. The van der Waals surface area contributed by atoms with Crippen LogP contribution in [0, 0.1) is 20.8 Å². The van der Waals surface area contributed by atoms with Gasteiger partial charge < -0.3 is 4.57 Å². The maximum absolute atomic E-state index is 12.8. The van der Waals surface area contributed by atoms with Gasteiger partial charge >= 0.3 is 0 Å². The topological polar surface area (TPSA) is 82.2 Å². The van der Waals surface area contributed by atoms with Gasteiger partial charge in [0.15, 0.2) is 5.78 Å². The summed E-state index contributed by atoms with van der Waals surface area (Å²) in [5, 5.41) is 5.16. The average molecular weight is 415 g/mol. The fourth-order valence-corrected chi connectivity index (χ4v) is 4.39. The van der Waals surface area contributed by atoms with Crippen LogP contribution in [-0.4, -0.2) is 24.5 Å². The summed E-state index contributed by atoms with van der Waals surface area (Å²) >= 11 is 1.52. The Kier molecular flexibility index (Phi) is 5.79. The number of aromatic nitrogens is 1. The molecular formula is C21H22N2O3S2. The molecule has 0 amide bonds. The lowest BCUT2D eigenvalue weighted by molar-refractivity contribution is 0.102. The predicted octanol–water partition coefficient (Wildman–Crippen LogP) is 4.02. The summed E-state index contributed by atoms with van der Waals surface area (Å²) in [7, 11) is -3.73. The SMILES string of the molecule is Cc1ccc(SCC(=O)c2cc(C)n(-c3ccc(S(N)(=O)=O)cc3)c2C)cc1. The zero-order chi connectivity index (χ0) is 20.5. The number of sulfonamides is 1. The Bertz CT molecular complexity index is 1110. The van der Waals surface area contributed by atoms with Gasteiger partial charge in [-0.3, -0.25) is 4.79 Å². The zero-order valence-electron chi connectivity index (χ0n) is 16.0. The van der Waals surface area contributed by atoms with Crippen molar-refractivity contribution in [3.05, 3.63) is 77.1 Å². The third kappa shape index (κ3) is 4.38. The first-order chi connectivity index (χ1) is 13.2. The summed E-state index contributed by atoms with van der Waals surface area (Å²) in [5.41, 5.74) is 4.38. The lowest BCUT2D eigenvalue weighted by Crippen LogP contribution is -2.12. The van der Waals surface area contributed by atoms with Gasteiger partial charge in [-0.05, 0) is 63.2 Å². The Balaban J connectivity index is 1.83. The second-order valence-corrected chi connectivity index (χ2v) is 9.29. The number of Topliss-reactive ketones (excluding diaryl/α,β-unsaturated/α-hetero) is 1. The summed E-state index contributed by atoms with van der Waals surface area (Å²) in [4.78, 5) is 13.9. The van der Waals surface area contributed by atoms with Crippen LogP contribution in [0.1, 0.15) is 27.3 Å². The highest BCUT2D eigenvalue weighted by Gasteiger charge is 2.17. The van der Waals surface area contributed by atoms with E-state index < -0.39 is 10.0 Å². The fraction of sp³-hybridized carbons (Fsp3) is 0.190. The predicted molar refractivity (Wildman–Crippen MR) is 113 cm³/mol. The minimum Gasteiger partial charge on any atom is -0.318 e. The van der Waals surface area contributed by atoms with E-state index in [0.29, 0.717) is 11.3 Å². The Hall–Kier alpha value is -2.35. The van der Waals surface area contributed by atoms with Crippen LogP contribution in [-0.2, 0) is 10.0 Å². The molecule has 2 N–H and O–H groups in total. The van der Waals surface area contributed by atoms with Crippen LogP contribution in [0.2, 0.25) is 0 Å². The summed E-state index contributed by atoms with van der Waals surface area (Å²) in [6, 6.07) is 16.3. The molecule has 0 bridgehead atoms. The quantitative estimate of drug-likeness (QED) is 0.488. The van der Waals surface area contributed by atoms with Crippen molar-refractivity contribution in [3.63, 3.8) is 0 Å². The summed E-state index contributed by atoms with van der Waals surface area (Å²) in [6.45, 7) is 5.85. The average Bonchev–Trinajstić information content (AvgIpc) is 2.95. The number of primary sulfonamides is 1. The van der Waals surface area contributed by atoms with Gasteiger partial charge in [-0.15, -0.1) is 11.8 Å². The maximum atomic E-state index is 12.8. The number of rotatable bonds is 6. The molecule has 1 heterocycles. The molecule has 0 atom stereocenters. The van der Waals surface area contributed by atoms with E-state index in [-0.39, 0.29) is 10.7 Å². The molecule has 3 aromatic rings. The molecule has 0 saturated heterocycles. The van der Waals surface area contributed by atoms with Gasteiger partial charge in [-0.25, -0.2) is 13.6 Å². The summed E-state index contributed by atoms with van der Waals surface area (Å²) < 4.78 is 24.8. The summed E-state index contributed by atoms with van der Waals surface area (Å²) in [6.07, 6.45) is 0. The molecular weight excluding hydrogens is 392 g/mol. The first-order valence-electron chi connectivity index (χ1n) is 8.71. The van der Waals surface area contributed by atoms with Crippen LogP contribution in [0.15, 0.2) is 64.4 Å². The highest BCUT2D eigenvalue weighted by molar-refractivity contribution is 8.00. The number of carbonyl (C=O) groups excluding carboxylic acids is 1. The molecule has 7 heteroatoms. The van der Waals surface area contributed by atoms with Crippen LogP contribution < -0.4 is 5.14 Å². The van der Waals surface area contributed by atoms with Crippen molar-refractivity contribution in [2.75, 3.05) is 5.75 Å². The molecule has 5 nitrogen and oxygen atoms in total. The standard InChI is InChI=1S/C21H22N2O3S2/c1-14-4-8-18(9-5-14)27-13-21(24)20-12-15(2)23(16(20)3)17-6-10-19(11-7-17)28(22,25)26/h4-12H,13H2,1-3H3,(H2,22,25,26). The van der Waals surface area contributed by atoms with Crippen molar-refractivity contribution in [2.24, 2.45) is 5.14 Å². The minimum absolute atomic E-state index is 0.0597. The molecule has 0 unspecified atom stereocenters. The molecule has 0 fully saturated rings. The molecule has 0 aliphatic carbocycles. The highest BCUT2D eigenvalue weighted by Crippen LogP contribution is 2.25. The Morgan fingerprint density at radius 3 is 2.18 bits per heavy atom. The first kappa shape index (κ1) is 20.4. The molecule has 0 saturated carbocycles. The number of nitrogens with zero attached hydrogens (tertiary/aromatic N) is 1. The van der Waals surface area contributed by atoms with Crippen molar-refractivity contribution in [1.29, 1.82) is 0 Å². The Morgan fingerprint density at radius 2 is 1.61 bits per heavy atom. The second-order valence-electron chi connectivity index (χ2n) is 6.68. The van der Waals surface area contributed by atoms with Crippen LogP contribution in [0.25, 0.3) is 5.69 Å². The minimum atomic E-state index is -3.73. The van der Waals surface area contributed by atoms with Crippen LogP contribution >= 0.6 is 11.8 Å². The van der Waals surface area contributed by atoms with Gasteiger partial charge in [0.25, 0.3) is 0 Å². The third-order valence-electron chi connectivity index (χ3n) is 4.55. The fourth-order valence-electron chi connectivity index (χ4n) is 3.09. The maximum Gasteiger partial charge on any atom is 0.238 e. The van der Waals surface area contributed by atoms with Gasteiger partial charge in [-0.1, -0.05) is 17.7 Å². The number of hydrogen-bond acceptors (Lipinski definition) is 4. The normalized spacial score (nSPS) is 11.6. The van der Waals surface area contributed by atoms with Crippen LogP contribution in [0.4, 0.5) is 0 Å². The van der Waals surface area contributed by atoms with Gasteiger partial charge in [0.2, 0.25) is 10.0 Å². The second kappa shape index (κ2) is 7.95. The van der Waals surface area contributed by atoms with Crippen molar-refractivity contribution in [1.82, 2.24) is 4.57 Å². The smallest absolute Gasteiger partial charge is 0.238 e. The monoisotopic (exact) mass is 414 g/mol. The molecule has 28 heavy (non-hydrogen) atoms. The van der Waals surface area contributed by atoms with Crippen molar-refractivity contribution >= 4 is 27.6 Å². The molecule has 1 aromatic heterocycles. The zero-order valence-corrected chi connectivity index (χ0v) is 17.6. The van der Waals surface area contributed by atoms with E-state index in [2.05, 4.69) is 0 Å². The van der Waals surface area contributed by atoms with E-state index in [1.54, 1.807) is 12.1 Å². The lowest BCUT2D eigenvalue weighted by atomic mass is 10.2. The van der Waals surface area contributed by atoms with Gasteiger partial charge in [-0.2, -0.15) is 0 Å². The number of thioether (sulfide) groups is 1. The Morgan fingerprint density at radius 1 is 1.00 bits per heavy atom. The van der Waals surface area contributed by atoms with E-state index in [9.17, 15) is 13.2 Å². The number of carbonyl (C=O) groups is 1. The molecule has 146 valence electrons. The van der Waals surface area contributed by atoms with Gasteiger partial charge in [0, 0.05) is 27.5 Å². The van der Waals surface area contributed by atoms with Crippen molar-refractivity contribution in [2.45, 2.75) is 30.6 Å². The van der Waals surface area contributed by atoms with E-state index in [1.807, 2.05) is 55.7 Å². The van der Waals surface area contributed by atoms with Crippen LogP contribution in [0.3, 0.4) is 0 Å². The van der Waals surface area contributed by atoms with Crippen molar-refractivity contribution < 1.29 is 13.2 Å². The van der Waals surface area contributed by atoms with Crippen LogP contribution in [0.5, 0.6) is 0 Å². The first-order valence-corrected chi connectivity index (χ1v) is 11.2. The van der Waals surface area contributed by atoms with E-state index in [1.165, 1.54) is 29.5 Å². The lowest BCUT2D eigenvalue weighted by Gasteiger charge is -2.10. The van der Waals surface area contributed by atoms with E-state index in [4.69, 9.17) is 5.14 Å². The molecule has 3 rings (SSSR count). The Labute approximate surface area is 169 Å². The number of hydrogen-bond donors (Lipinski definition) is 1. The van der Waals surface area contributed by atoms with Gasteiger partial charge in [0.1, 0.15) is 0 Å². The largest absolute Gasteiger partial charge is 0.318 e. The summed E-state index contributed by atoms with van der Waals surface area (Å²) in [5.74, 6) is 0.420. The number of benzene rings is 2. The molecule has 0 radical (unpaired) electrons. The molecule has 0 aliphatic heterocycles.